The average Bonchev–Trinajstić information content (AvgIpc) is 2.95. The molecule has 0 fully saturated rings. The fraction of sp³-hybridized carbons (Fsp3) is 0.333. The summed E-state index contributed by atoms with van der Waals surface area (Å²) in [6, 6.07) is 3.40. The molecule has 0 aliphatic rings. The van der Waals surface area contributed by atoms with E-state index in [0.717, 1.165) is 9.35 Å². The van der Waals surface area contributed by atoms with Crippen molar-refractivity contribution < 1.29 is 13.5 Å². The fourth-order valence-corrected chi connectivity index (χ4v) is 4.63. The van der Waals surface area contributed by atoms with E-state index in [0.29, 0.717) is 12.2 Å². The van der Waals surface area contributed by atoms with E-state index < -0.39 is 10.0 Å². The number of nitrogens with zero attached hydrogens (tertiary/aromatic N) is 2. The normalized spacial score (nSPS) is 12.2. The maximum absolute atomic E-state index is 12.4. The molecule has 0 radical (unpaired) electrons. The van der Waals surface area contributed by atoms with Gasteiger partial charge in [-0.05, 0) is 28.1 Å². The summed E-state index contributed by atoms with van der Waals surface area (Å²) in [4.78, 5) is 1.16. The van der Waals surface area contributed by atoms with E-state index in [9.17, 15) is 8.42 Å². The molecule has 0 aliphatic carbocycles. The van der Waals surface area contributed by atoms with Crippen molar-refractivity contribution in [3.8, 4) is 0 Å². The Morgan fingerprint density at radius 1 is 1.45 bits per heavy atom. The lowest BCUT2D eigenvalue weighted by molar-refractivity contribution is 0.272. The Balaban J connectivity index is 2.24. The Hall–Kier alpha value is -0.670. The minimum atomic E-state index is -3.55. The standard InChI is InChI=1S/C12H15BrN2O3S2/c1-14-6-12(4-10(14)7-16)20(17,18)15(2)5-11-3-9(13)8-19-11/h3-4,6,8,16H,5,7H2,1-2H3. The third-order valence-corrected chi connectivity index (χ3v) is 6.40. The van der Waals surface area contributed by atoms with Gasteiger partial charge >= 0.3 is 0 Å². The molecule has 20 heavy (non-hydrogen) atoms. The van der Waals surface area contributed by atoms with E-state index in [1.165, 1.54) is 27.9 Å². The van der Waals surface area contributed by atoms with Crippen LogP contribution in [0, 0.1) is 0 Å². The molecule has 0 saturated heterocycles. The van der Waals surface area contributed by atoms with E-state index in [-0.39, 0.29) is 11.5 Å². The number of aliphatic hydroxyl groups excluding tert-OH is 1. The molecule has 0 saturated carbocycles. The topological polar surface area (TPSA) is 62.5 Å². The van der Waals surface area contributed by atoms with Gasteiger partial charge in [0.25, 0.3) is 0 Å². The summed E-state index contributed by atoms with van der Waals surface area (Å²) in [5, 5.41) is 11.1. The zero-order valence-electron chi connectivity index (χ0n) is 11.1. The number of rotatable bonds is 5. The van der Waals surface area contributed by atoms with Gasteiger partial charge < -0.3 is 9.67 Å². The number of halogens is 1. The highest BCUT2D eigenvalue weighted by Crippen LogP contribution is 2.24. The first-order valence-corrected chi connectivity index (χ1v) is 8.91. The molecule has 1 N–H and O–H groups in total. The van der Waals surface area contributed by atoms with E-state index in [1.807, 2.05) is 11.4 Å². The Labute approximate surface area is 130 Å². The smallest absolute Gasteiger partial charge is 0.244 e. The van der Waals surface area contributed by atoms with Gasteiger partial charge in [0.1, 0.15) is 4.90 Å². The molecule has 0 bridgehead atoms. The van der Waals surface area contributed by atoms with Gasteiger partial charge in [-0.25, -0.2) is 8.42 Å². The Morgan fingerprint density at radius 2 is 2.15 bits per heavy atom. The van der Waals surface area contributed by atoms with Crippen molar-refractivity contribution in [1.29, 1.82) is 0 Å². The van der Waals surface area contributed by atoms with E-state index in [1.54, 1.807) is 18.7 Å². The molecule has 5 nitrogen and oxygen atoms in total. The fourth-order valence-electron chi connectivity index (χ4n) is 1.80. The molecular weight excluding hydrogens is 364 g/mol. The first-order valence-electron chi connectivity index (χ1n) is 5.80. The highest BCUT2D eigenvalue weighted by atomic mass is 79.9. The van der Waals surface area contributed by atoms with Gasteiger partial charge in [0.2, 0.25) is 10.0 Å². The number of sulfonamides is 1. The molecule has 2 aromatic heterocycles. The van der Waals surface area contributed by atoms with Crippen molar-refractivity contribution in [2.75, 3.05) is 7.05 Å². The first kappa shape index (κ1) is 15.7. The molecule has 0 aromatic carbocycles. The van der Waals surface area contributed by atoms with Crippen molar-refractivity contribution in [3.63, 3.8) is 0 Å². The van der Waals surface area contributed by atoms with Gasteiger partial charge in [0, 0.05) is 47.3 Å². The predicted octanol–water partition coefficient (Wildman–Crippen LogP) is 2.16. The van der Waals surface area contributed by atoms with Crippen LogP contribution >= 0.6 is 27.3 Å². The summed E-state index contributed by atoms with van der Waals surface area (Å²) in [5.41, 5.74) is 0.566. The van der Waals surface area contributed by atoms with E-state index >= 15 is 0 Å². The second-order valence-electron chi connectivity index (χ2n) is 4.43. The van der Waals surface area contributed by atoms with Crippen molar-refractivity contribution >= 4 is 37.3 Å². The number of hydrogen-bond donors (Lipinski definition) is 1. The van der Waals surface area contributed by atoms with Crippen LogP contribution < -0.4 is 0 Å². The molecule has 0 amide bonds. The predicted molar refractivity (Wildman–Crippen MR) is 82.0 cm³/mol. The molecule has 0 spiro atoms. The third kappa shape index (κ3) is 3.15. The van der Waals surface area contributed by atoms with Gasteiger partial charge in [-0.3, -0.25) is 0 Å². The van der Waals surface area contributed by atoms with Gasteiger partial charge in [-0.15, -0.1) is 11.3 Å². The second-order valence-corrected chi connectivity index (χ2v) is 8.38. The molecule has 2 rings (SSSR count). The van der Waals surface area contributed by atoms with Crippen molar-refractivity contribution in [2.24, 2.45) is 7.05 Å². The van der Waals surface area contributed by atoms with Crippen LogP contribution in [0.3, 0.4) is 0 Å². The zero-order valence-corrected chi connectivity index (χ0v) is 14.3. The number of hydrogen-bond acceptors (Lipinski definition) is 4. The van der Waals surface area contributed by atoms with E-state index in [2.05, 4.69) is 15.9 Å². The maximum Gasteiger partial charge on any atom is 0.244 e. The van der Waals surface area contributed by atoms with Crippen LogP contribution in [-0.4, -0.2) is 29.4 Å². The molecule has 110 valence electrons. The van der Waals surface area contributed by atoms with Crippen LogP contribution in [0.4, 0.5) is 0 Å². The van der Waals surface area contributed by atoms with Crippen molar-refractivity contribution in [3.05, 3.63) is 38.8 Å². The second kappa shape index (κ2) is 5.98. The molecule has 2 aromatic rings. The molecule has 0 unspecified atom stereocenters. The molecule has 0 atom stereocenters. The monoisotopic (exact) mass is 378 g/mol. The van der Waals surface area contributed by atoms with Crippen LogP contribution in [0.15, 0.2) is 33.1 Å². The summed E-state index contributed by atoms with van der Waals surface area (Å²) in [6.07, 6.45) is 1.52. The van der Waals surface area contributed by atoms with E-state index in [4.69, 9.17) is 5.11 Å². The molecule has 2 heterocycles. The van der Waals surface area contributed by atoms with Crippen LogP contribution in [0.1, 0.15) is 10.6 Å². The van der Waals surface area contributed by atoms with Gasteiger partial charge in [0.05, 0.1) is 6.61 Å². The lowest BCUT2D eigenvalue weighted by atomic mass is 10.5. The van der Waals surface area contributed by atoms with Crippen LogP contribution in [-0.2, 0) is 30.2 Å². The van der Waals surface area contributed by atoms with Crippen LogP contribution in [0.2, 0.25) is 0 Å². The van der Waals surface area contributed by atoms with Gasteiger partial charge in [-0.1, -0.05) is 0 Å². The zero-order chi connectivity index (χ0) is 14.9. The number of aromatic nitrogens is 1. The first-order chi connectivity index (χ1) is 9.34. The molecular formula is C12H15BrN2O3S2. The van der Waals surface area contributed by atoms with Crippen LogP contribution in [0.25, 0.3) is 0 Å². The summed E-state index contributed by atoms with van der Waals surface area (Å²) in [5.74, 6) is 0. The summed E-state index contributed by atoms with van der Waals surface area (Å²) >= 11 is 4.85. The van der Waals surface area contributed by atoms with Crippen molar-refractivity contribution in [2.45, 2.75) is 18.0 Å². The largest absolute Gasteiger partial charge is 0.390 e. The number of thiophene rings is 1. The molecule has 0 aliphatic heterocycles. The van der Waals surface area contributed by atoms with Gasteiger partial charge in [0.15, 0.2) is 0 Å². The number of aliphatic hydroxyl groups is 1. The quantitative estimate of drug-likeness (QED) is 0.866. The highest BCUT2D eigenvalue weighted by Gasteiger charge is 2.23. The number of aryl methyl sites for hydroxylation is 1. The maximum atomic E-state index is 12.4. The van der Waals surface area contributed by atoms with Crippen LogP contribution in [0.5, 0.6) is 0 Å². The average molecular weight is 379 g/mol. The lowest BCUT2D eigenvalue weighted by Crippen LogP contribution is -2.25. The minimum absolute atomic E-state index is 0.187. The lowest BCUT2D eigenvalue weighted by Gasteiger charge is -2.15. The minimum Gasteiger partial charge on any atom is -0.390 e. The Kier molecular flexibility index (Phi) is 4.70. The Bertz CT molecular complexity index is 706. The van der Waals surface area contributed by atoms with Crippen molar-refractivity contribution in [1.82, 2.24) is 8.87 Å². The highest BCUT2D eigenvalue weighted by molar-refractivity contribution is 9.10. The SMILES string of the molecule is CN(Cc1cc(Br)cs1)S(=O)(=O)c1cc(CO)n(C)c1. The third-order valence-electron chi connectivity index (χ3n) is 2.95. The summed E-state index contributed by atoms with van der Waals surface area (Å²) < 4.78 is 28.8. The molecule has 8 heteroatoms. The van der Waals surface area contributed by atoms with Gasteiger partial charge in [-0.2, -0.15) is 4.31 Å². The Morgan fingerprint density at radius 3 is 2.65 bits per heavy atom. The summed E-state index contributed by atoms with van der Waals surface area (Å²) in [7, 11) is -0.287. The summed E-state index contributed by atoms with van der Waals surface area (Å²) in [6.45, 7) is 0.134.